The summed E-state index contributed by atoms with van der Waals surface area (Å²) in [5, 5.41) is 20.3. The van der Waals surface area contributed by atoms with Crippen LogP contribution >= 0.6 is 0 Å². The number of hydrogen-bond acceptors (Lipinski definition) is 8. The van der Waals surface area contributed by atoms with Gasteiger partial charge in [-0.1, -0.05) is 12.2 Å². The Labute approximate surface area is 182 Å². The van der Waals surface area contributed by atoms with Crippen LogP contribution in [0.3, 0.4) is 0 Å². The first-order valence-corrected chi connectivity index (χ1v) is 10.4. The number of rotatable bonds is 13. The van der Waals surface area contributed by atoms with Gasteiger partial charge in [0.15, 0.2) is 0 Å². The maximum atomic E-state index is 12.2. The van der Waals surface area contributed by atoms with Crippen molar-refractivity contribution in [2.24, 2.45) is 5.92 Å². The van der Waals surface area contributed by atoms with E-state index in [2.05, 4.69) is 4.74 Å². The average Bonchev–Trinajstić information content (AvgIpc) is 3.05. The molecule has 0 saturated heterocycles. The van der Waals surface area contributed by atoms with Gasteiger partial charge in [0.25, 0.3) is 0 Å². The molecule has 1 aromatic carbocycles. The topological polar surface area (TPSA) is 112 Å². The molecule has 1 aliphatic carbocycles. The van der Waals surface area contributed by atoms with Crippen molar-refractivity contribution in [2.45, 2.75) is 50.4 Å². The van der Waals surface area contributed by atoms with Gasteiger partial charge in [-0.2, -0.15) is 0 Å². The summed E-state index contributed by atoms with van der Waals surface area (Å²) in [6, 6.07) is 6.98. The summed E-state index contributed by atoms with van der Waals surface area (Å²) in [7, 11) is 2.94. The maximum Gasteiger partial charge on any atom is 0.305 e. The fourth-order valence-electron chi connectivity index (χ4n) is 3.38. The molecule has 1 saturated carbocycles. The molecule has 1 aliphatic rings. The molecule has 0 amide bonds. The Balaban J connectivity index is 1.74. The van der Waals surface area contributed by atoms with E-state index in [1.807, 2.05) is 12.2 Å². The van der Waals surface area contributed by atoms with Crippen LogP contribution in [0.4, 0.5) is 0 Å². The normalized spacial score (nSPS) is 21.9. The Kier molecular flexibility index (Phi) is 10.5. The van der Waals surface area contributed by atoms with Crippen molar-refractivity contribution in [1.82, 2.24) is 0 Å². The minimum Gasteiger partial charge on any atom is -0.497 e. The molecule has 2 rings (SSSR count). The molecule has 0 aliphatic heterocycles. The zero-order valence-electron chi connectivity index (χ0n) is 18.1. The van der Waals surface area contributed by atoms with Crippen molar-refractivity contribution in [3.05, 3.63) is 36.4 Å². The fraction of sp³-hybridized carbons (Fsp3) is 0.565. The van der Waals surface area contributed by atoms with Crippen LogP contribution in [-0.2, 0) is 19.1 Å². The van der Waals surface area contributed by atoms with Gasteiger partial charge in [-0.15, -0.1) is 0 Å². The standard InChI is InChI=1S/C23H32O8/c1-28-17-9-11-18(12-10-17)30-14-16(24)15-31-23-19(20(25)13-21(23)26)7-5-3-4-6-8-22(27)29-2/h3,5,9-12,16,19,21,23-24,26H,4,6-8,13-15H2,1-2H3/t16?,19-,21+,23+/m0/s1. The predicted molar refractivity (Wildman–Crippen MR) is 113 cm³/mol. The molecule has 0 radical (unpaired) electrons. The second-order valence-corrected chi connectivity index (χ2v) is 7.46. The second kappa shape index (κ2) is 13.1. The Hall–Kier alpha value is -2.42. The lowest BCUT2D eigenvalue weighted by molar-refractivity contribution is -0.140. The molecule has 0 bridgehead atoms. The highest BCUT2D eigenvalue weighted by Crippen LogP contribution is 2.29. The van der Waals surface area contributed by atoms with Gasteiger partial charge in [-0.3, -0.25) is 9.59 Å². The van der Waals surface area contributed by atoms with Crippen LogP contribution in [0.1, 0.15) is 32.1 Å². The van der Waals surface area contributed by atoms with E-state index < -0.39 is 24.2 Å². The molecule has 1 aromatic rings. The fourth-order valence-corrected chi connectivity index (χ4v) is 3.38. The molecule has 2 N–H and O–H groups in total. The molecule has 4 atom stereocenters. The molecule has 0 aromatic heterocycles. The minimum absolute atomic E-state index is 0.0217. The SMILES string of the molecule is COC(=O)CCCC=CC[C@H]1C(=O)C[C@@H](O)[C@@H]1OCC(O)COc1ccc(OC)cc1. The third-order valence-corrected chi connectivity index (χ3v) is 5.12. The molecule has 8 heteroatoms. The Bertz CT molecular complexity index is 715. The summed E-state index contributed by atoms with van der Waals surface area (Å²) in [6.07, 6.45) is 3.54. The minimum atomic E-state index is -0.903. The van der Waals surface area contributed by atoms with Crippen LogP contribution in [0.5, 0.6) is 11.5 Å². The van der Waals surface area contributed by atoms with Gasteiger partial charge >= 0.3 is 5.97 Å². The second-order valence-electron chi connectivity index (χ2n) is 7.46. The van der Waals surface area contributed by atoms with Gasteiger partial charge < -0.3 is 29.2 Å². The molecular formula is C23H32O8. The number of aliphatic hydroxyl groups excluding tert-OH is 2. The van der Waals surface area contributed by atoms with E-state index in [-0.39, 0.29) is 31.4 Å². The first kappa shape index (κ1) is 24.8. The van der Waals surface area contributed by atoms with Crippen molar-refractivity contribution in [1.29, 1.82) is 0 Å². The van der Waals surface area contributed by atoms with Crippen molar-refractivity contribution in [2.75, 3.05) is 27.4 Å². The van der Waals surface area contributed by atoms with Crippen molar-refractivity contribution in [3.63, 3.8) is 0 Å². The lowest BCUT2D eigenvalue weighted by Crippen LogP contribution is -2.34. The van der Waals surface area contributed by atoms with Crippen LogP contribution in [0.25, 0.3) is 0 Å². The molecule has 31 heavy (non-hydrogen) atoms. The zero-order chi connectivity index (χ0) is 22.6. The van der Waals surface area contributed by atoms with Crippen LogP contribution < -0.4 is 9.47 Å². The van der Waals surface area contributed by atoms with Crippen molar-refractivity contribution < 1.29 is 38.7 Å². The van der Waals surface area contributed by atoms with Gasteiger partial charge in [-0.05, 0) is 43.5 Å². The van der Waals surface area contributed by atoms with Crippen LogP contribution in [-0.4, -0.2) is 67.7 Å². The van der Waals surface area contributed by atoms with Gasteiger partial charge in [0.1, 0.15) is 30.0 Å². The first-order valence-electron chi connectivity index (χ1n) is 10.4. The quantitative estimate of drug-likeness (QED) is 0.275. The van der Waals surface area contributed by atoms with E-state index >= 15 is 0 Å². The zero-order valence-corrected chi connectivity index (χ0v) is 18.1. The predicted octanol–water partition coefficient (Wildman–Crippen LogP) is 2.06. The highest BCUT2D eigenvalue weighted by atomic mass is 16.5. The monoisotopic (exact) mass is 436 g/mol. The smallest absolute Gasteiger partial charge is 0.305 e. The third-order valence-electron chi connectivity index (χ3n) is 5.12. The van der Waals surface area contributed by atoms with E-state index in [0.717, 1.165) is 0 Å². The summed E-state index contributed by atoms with van der Waals surface area (Å²) in [4.78, 5) is 23.3. The number of carbonyl (C=O) groups is 2. The van der Waals surface area contributed by atoms with E-state index in [1.165, 1.54) is 7.11 Å². The number of aliphatic hydroxyl groups is 2. The number of unbranched alkanes of at least 4 members (excludes halogenated alkanes) is 1. The molecule has 0 heterocycles. The number of ketones is 1. The van der Waals surface area contributed by atoms with Gasteiger partial charge in [-0.25, -0.2) is 0 Å². The summed E-state index contributed by atoms with van der Waals surface area (Å²) in [5.41, 5.74) is 0. The number of benzene rings is 1. The van der Waals surface area contributed by atoms with E-state index in [1.54, 1.807) is 31.4 Å². The van der Waals surface area contributed by atoms with E-state index in [0.29, 0.717) is 37.2 Å². The van der Waals surface area contributed by atoms with Gasteiger partial charge in [0.05, 0.1) is 33.0 Å². The summed E-state index contributed by atoms with van der Waals surface area (Å²) in [6.45, 7) is -0.0294. The lowest BCUT2D eigenvalue weighted by Gasteiger charge is -2.22. The molecule has 1 fully saturated rings. The van der Waals surface area contributed by atoms with Gasteiger partial charge in [0, 0.05) is 18.8 Å². The number of hydrogen-bond donors (Lipinski definition) is 2. The van der Waals surface area contributed by atoms with E-state index in [9.17, 15) is 19.8 Å². The Morgan fingerprint density at radius 1 is 1.16 bits per heavy atom. The summed E-state index contributed by atoms with van der Waals surface area (Å²) in [5.74, 6) is 0.540. The number of ether oxygens (including phenoxy) is 4. The third kappa shape index (κ3) is 8.32. The lowest BCUT2D eigenvalue weighted by atomic mass is 9.99. The highest BCUT2D eigenvalue weighted by Gasteiger charge is 2.41. The summed E-state index contributed by atoms with van der Waals surface area (Å²) < 4.78 is 20.9. The van der Waals surface area contributed by atoms with Crippen molar-refractivity contribution in [3.8, 4) is 11.5 Å². The van der Waals surface area contributed by atoms with Crippen LogP contribution in [0, 0.1) is 5.92 Å². The number of carbonyl (C=O) groups excluding carboxylic acids is 2. The Morgan fingerprint density at radius 3 is 2.55 bits per heavy atom. The molecule has 0 spiro atoms. The van der Waals surface area contributed by atoms with Gasteiger partial charge in [0.2, 0.25) is 0 Å². The van der Waals surface area contributed by atoms with Crippen LogP contribution in [0.2, 0.25) is 0 Å². The molecule has 1 unspecified atom stereocenters. The van der Waals surface area contributed by atoms with Crippen LogP contribution in [0.15, 0.2) is 36.4 Å². The molecule has 172 valence electrons. The maximum absolute atomic E-state index is 12.2. The first-order chi connectivity index (χ1) is 14.9. The van der Waals surface area contributed by atoms with Crippen molar-refractivity contribution >= 4 is 11.8 Å². The number of allylic oxidation sites excluding steroid dienone is 2. The number of Topliss-reactive ketones (excluding diaryl/α,β-unsaturated/α-hetero) is 1. The largest absolute Gasteiger partial charge is 0.497 e. The number of methoxy groups -OCH3 is 2. The molecule has 8 nitrogen and oxygen atoms in total. The molecular weight excluding hydrogens is 404 g/mol. The average molecular weight is 437 g/mol. The highest BCUT2D eigenvalue weighted by molar-refractivity contribution is 5.85. The van der Waals surface area contributed by atoms with E-state index in [4.69, 9.17) is 14.2 Å². The summed E-state index contributed by atoms with van der Waals surface area (Å²) >= 11 is 0. The Morgan fingerprint density at radius 2 is 1.87 bits per heavy atom. The number of esters is 1.